The first-order valence-electron chi connectivity index (χ1n) is 8.41. The number of anilines is 2. The molecule has 2 saturated heterocycles. The molecule has 134 valence electrons. The maximum Gasteiger partial charge on any atom is 0.248 e. The number of hydrogen-bond acceptors (Lipinski definition) is 8. The highest BCUT2D eigenvalue weighted by molar-refractivity contribution is 7.18. The Labute approximate surface area is 145 Å². The van der Waals surface area contributed by atoms with Gasteiger partial charge in [-0.1, -0.05) is 11.3 Å². The van der Waals surface area contributed by atoms with Crippen molar-refractivity contribution in [3.05, 3.63) is 0 Å². The summed E-state index contributed by atoms with van der Waals surface area (Å²) in [5.41, 5.74) is 5.37. The molecular weight excluding hydrogens is 330 g/mol. The van der Waals surface area contributed by atoms with Crippen molar-refractivity contribution in [2.45, 2.75) is 32.3 Å². The van der Waals surface area contributed by atoms with Crippen molar-refractivity contribution < 1.29 is 14.6 Å². The summed E-state index contributed by atoms with van der Waals surface area (Å²) >= 11 is 1.36. The Morgan fingerprint density at radius 2 is 2.29 bits per heavy atom. The van der Waals surface area contributed by atoms with Gasteiger partial charge in [0.05, 0.1) is 6.10 Å². The number of piperidine rings is 2. The zero-order valence-electron chi connectivity index (χ0n) is 14.0. The van der Waals surface area contributed by atoms with Crippen molar-refractivity contribution in [1.82, 2.24) is 15.1 Å². The summed E-state index contributed by atoms with van der Waals surface area (Å²) in [5, 5.41) is 19.9. The predicted molar refractivity (Wildman–Crippen MR) is 91.9 cm³/mol. The van der Waals surface area contributed by atoms with E-state index in [1.165, 1.54) is 11.3 Å². The minimum atomic E-state index is -0.415. The smallest absolute Gasteiger partial charge is 0.248 e. The number of nitrogens with zero attached hydrogens (tertiary/aromatic N) is 4. The monoisotopic (exact) mass is 355 g/mol. The molecule has 8 nitrogen and oxygen atoms in total. The number of hydrogen-bond donors (Lipinski definition) is 2. The van der Waals surface area contributed by atoms with Gasteiger partial charge in [0.15, 0.2) is 0 Å². The highest BCUT2D eigenvalue weighted by atomic mass is 32.1. The fourth-order valence-electron chi connectivity index (χ4n) is 3.72. The summed E-state index contributed by atoms with van der Waals surface area (Å²) in [7, 11) is 0. The topological polar surface area (TPSA) is 105 Å². The summed E-state index contributed by atoms with van der Waals surface area (Å²) in [5.74, 6) is 0.000378. The first-order valence-corrected chi connectivity index (χ1v) is 9.23. The van der Waals surface area contributed by atoms with Crippen LogP contribution in [0.3, 0.4) is 0 Å². The fourth-order valence-corrected chi connectivity index (χ4v) is 4.36. The van der Waals surface area contributed by atoms with Crippen LogP contribution in [0.5, 0.6) is 0 Å². The molecule has 0 aromatic carbocycles. The van der Waals surface area contributed by atoms with E-state index >= 15 is 0 Å². The molecule has 24 heavy (non-hydrogen) atoms. The number of aromatic nitrogens is 2. The number of aliphatic hydroxyl groups excluding tert-OH is 1. The van der Waals surface area contributed by atoms with Crippen LogP contribution in [0.1, 0.15) is 26.2 Å². The van der Waals surface area contributed by atoms with E-state index in [0.29, 0.717) is 31.2 Å². The Morgan fingerprint density at radius 1 is 1.46 bits per heavy atom. The molecular formula is C15H25N5O3S. The number of nitrogen functional groups attached to an aromatic ring is 1. The molecule has 3 N–H and O–H groups in total. The van der Waals surface area contributed by atoms with Gasteiger partial charge in [-0.3, -0.25) is 4.79 Å². The molecule has 0 unspecified atom stereocenters. The number of carbonyl (C=O) groups is 1. The number of amides is 1. The van der Waals surface area contributed by atoms with Gasteiger partial charge in [0.25, 0.3) is 0 Å². The van der Waals surface area contributed by atoms with Crippen molar-refractivity contribution in [2.75, 3.05) is 50.0 Å². The summed E-state index contributed by atoms with van der Waals surface area (Å²) in [4.78, 5) is 16.3. The second-order valence-electron chi connectivity index (χ2n) is 6.57. The van der Waals surface area contributed by atoms with Crippen LogP contribution >= 0.6 is 11.3 Å². The molecule has 1 aromatic rings. The Morgan fingerprint density at radius 3 is 3.00 bits per heavy atom. The highest BCUT2D eigenvalue weighted by Gasteiger charge is 2.46. The zero-order valence-corrected chi connectivity index (χ0v) is 14.8. The summed E-state index contributed by atoms with van der Waals surface area (Å²) < 4.78 is 5.25. The quantitative estimate of drug-likeness (QED) is 0.802. The van der Waals surface area contributed by atoms with Gasteiger partial charge >= 0.3 is 0 Å². The summed E-state index contributed by atoms with van der Waals surface area (Å²) in [6.45, 7) is 5.20. The molecule has 1 aromatic heterocycles. The van der Waals surface area contributed by atoms with Crippen molar-refractivity contribution >= 4 is 27.5 Å². The third-order valence-corrected chi connectivity index (χ3v) is 5.79. The molecule has 3 rings (SSSR count). The van der Waals surface area contributed by atoms with Crippen LogP contribution in [0.4, 0.5) is 10.3 Å². The molecule has 1 amide bonds. The van der Waals surface area contributed by atoms with Crippen LogP contribution in [0.15, 0.2) is 0 Å². The van der Waals surface area contributed by atoms with Crippen molar-refractivity contribution in [3.8, 4) is 0 Å². The highest BCUT2D eigenvalue weighted by Crippen LogP contribution is 2.40. The Balaban J connectivity index is 1.72. The second kappa shape index (κ2) is 7.20. The zero-order chi connectivity index (χ0) is 17.2. The van der Waals surface area contributed by atoms with E-state index in [0.717, 1.165) is 31.1 Å². The third kappa shape index (κ3) is 3.47. The Hall–Kier alpha value is -1.45. The lowest BCUT2D eigenvalue weighted by Crippen LogP contribution is -2.60. The lowest BCUT2D eigenvalue weighted by molar-refractivity contribution is -0.142. The average molecular weight is 355 g/mol. The normalized spacial score (nSPS) is 27.7. The minimum Gasteiger partial charge on any atom is -0.392 e. The van der Waals surface area contributed by atoms with Crippen LogP contribution < -0.4 is 10.6 Å². The van der Waals surface area contributed by atoms with E-state index in [-0.39, 0.29) is 17.9 Å². The molecule has 1 spiro atoms. The predicted octanol–water partition coefficient (Wildman–Crippen LogP) is 0.337. The van der Waals surface area contributed by atoms with E-state index in [1.807, 2.05) is 11.8 Å². The number of ether oxygens (including phenoxy) is 1. The van der Waals surface area contributed by atoms with E-state index in [1.54, 1.807) is 0 Å². The van der Waals surface area contributed by atoms with Gasteiger partial charge in [0, 0.05) is 38.2 Å². The molecule has 0 bridgehead atoms. The van der Waals surface area contributed by atoms with Crippen molar-refractivity contribution in [1.29, 1.82) is 0 Å². The molecule has 2 aliphatic heterocycles. The molecule has 0 aliphatic carbocycles. The van der Waals surface area contributed by atoms with Crippen molar-refractivity contribution in [2.24, 2.45) is 5.41 Å². The molecule has 3 heterocycles. The first-order chi connectivity index (χ1) is 11.5. The Kier molecular flexibility index (Phi) is 5.21. The van der Waals surface area contributed by atoms with E-state index < -0.39 is 6.10 Å². The van der Waals surface area contributed by atoms with Gasteiger partial charge < -0.3 is 25.4 Å². The molecule has 0 radical (unpaired) electrons. The minimum absolute atomic E-state index is 0.000378. The first kappa shape index (κ1) is 17.4. The van der Waals surface area contributed by atoms with Crippen LogP contribution in [0, 0.1) is 5.41 Å². The van der Waals surface area contributed by atoms with Gasteiger partial charge in [0.1, 0.15) is 6.61 Å². The SMILES string of the molecule is CCOCC(=O)N1CCC[C@@]2(C1)CN(c1nnc(N)s1)CC[C@@H]2O. The van der Waals surface area contributed by atoms with Crippen LogP contribution in [-0.4, -0.2) is 71.6 Å². The summed E-state index contributed by atoms with van der Waals surface area (Å²) in [6.07, 6.45) is 2.03. The van der Waals surface area contributed by atoms with Gasteiger partial charge in [-0.05, 0) is 26.2 Å². The lowest BCUT2D eigenvalue weighted by atomic mass is 9.71. The fraction of sp³-hybridized carbons (Fsp3) is 0.800. The number of carbonyl (C=O) groups excluding carboxylic acids is 1. The number of likely N-dealkylation sites (tertiary alicyclic amines) is 1. The van der Waals surface area contributed by atoms with Crippen molar-refractivity contribution in [3.63, 3.8) is 0 Å². The largest absolute Gasteiger partial charge is 0.392 e. The van der Waals surface area contributed by atoms with Gasteiger partial charge in [-0.2, -0.15) is 0 Å². The molecule has 2 aliphatic rings. The van der Waals surface area contributed by atoms with Crippen LogP contribution in [-0.2, 0) is 9.53 Å². The Bertz CT molecular complexity index is 583. The van der Waals surface area contributed by atoms with E-state index in [9.17, 15) is 9.90 Å². The maximum atomic E-state index is 12.3. The number of nitrogens with two attached hydrogens (primary N) is 1. The number of aliphatic hydroxyl groups is 1. The second-order valence-corrected chi connectivity index (χ2v) is 7.55. The van der Waals surface area contributed by atoms with Crippen LogP contribution in [0.2, 0.25) is 0 Å². The molecule has 2 atom stereocenters. The number of rotatable bonds is 4. The summed E-state index contributed by atoms with van der Waals surface area (Å²) in [6, 6.07) is 0. The molecule has 9 heteroatoms. The van der Waals surface area contributed by atoms with Gasteiger partial charge in [0.2, 0.25) is 16.2 Å². The molecule has 2 fully saturated rings. The molecule has 0 saturated carbocycles. The van der Waals surface area contributed by atoms with Crippen LogP contribution in [0.25, 0.3) is 0 Å². The van der Waals surface area contributed by atoms with E-state index in [2.05, 4.69) is 15.1 Å². The lowest BCUT2D eigenvalue weighted by Gasteiger charge is -2.50. The van der Waals surface area contributed by atoms with Gasteiger partial charge in [-0.25, -0.2) is 0 Å². The maximum absolute atomic E-state index is 12.3. The van der Waals surface area contributed by atoms with Gasteiger partial charge in [-0.15, -0.1) is 10.2 Å². The third-order valence-electron chi connectivity index (χ3n) is 4.98. The average Bonchev–Trinajstić information content (AvgIpc) is 3.02. The standard InChI is InChI=1S/C15H25N5O3S/c1-2-23-8-12(22)19-6-3-5-15(9-19)10-20(7-4-11(15)21)14-18-17-13(16)24-14/h11,21H,2-10H2,1H3,(H2,16,17)/t11-,15+/m0/s1. The van der Waals surface area contributed by atoms with E-state index in [4.69, 9.17) is 10.5 Å².